The van der Waals surface area contributed by atoms with Crippen LogP contribution in [0.1, 0.15) is 39.6 Å². The van der Waals surface area contributed by atoms with Gasteiger partial charge in [0, 0.05) is 39.3 Å². The zero-order valence-electron chi connectivity index (χ0n) is 20.5. The number of aromatic nitrogens is 2. The Morgan fingerprint density at radius 1 is 1.09 bits per heavy atom. The van der Waals surface area contributed by atoms with E-state index in [1.807, 2.05) is 24.8 Å². The number of carbonyl (C=O) groups excluding carboxylic acids is 1. The third-order valence-corrected chi connectivity index (χ3v) is 8.17. The summed E-state index contributed by atoms with van der Waals surface area (Å²) in [6, 6.07) is 9.25. The highest BCUT2D eigenvalue weighted by molar-refractivity contribution is 5.96. The second-order valence-corrected chi connectivity index (χ2v) is 10.5. The van der Waals surface area contributed by atoms with Gasteiger partial charge in [-0.05, 0) is 68.2 Å². The van der Waals surface area contributed by atoms with Gasteiger partial charge in [0.15, 0.2) is 0 Å². The Kier molecular flexibility index (Phi) is 6.81. The summed E-state index contributed by atoms with van der Waals surface area (Å²) < 4.78 is 14.0. The van der Waals surface area contributed by atoms with Gasteiger partial charge in [0.25, 0.3) is 5.91 Å². The summed E-state index contributed by atoms with van der Waals surface area (Å²) in [4.78, 5) is 28.3. The van der Waals surface area contributed by atoms with Crippen LogP contribution < -0.4 is 0 Å². The van der Waals surface area contributed by atoms with E-state index in [0.29, 0.717) is 35.8 Å². The van der Waals surface area contributed by atoms with Crippen LogP contribution in [0.25, 0.3) is 0 Å². The zero-order valence-corrected chi connectivity index (χ0v) is 20.5. The summed E-state index contributed by atoms with van der Waals surface area (Å²) in [6.45, 7) is 10.6. The van der Waals surface area contributed by atoms with Crippen LogP contribution in [-0.4, -0.2) is 82.9 Å². The lowest BCUT2D eigenvalue weighted by Gasteiger charge is -2.43. The maximum atomic E-state index is 14.0. The largest absolute Gasteiger partial charge is 0.338 e. The van der Waals surface area contributed by atoms with E-state index in [0.717, 1.165) is 69.2 Å². The number of halogens is 1. The van der Waals surface area contributed by atoms with Crippen molar-refractivity contribution in [2.75, 3.05) is 52.4 Å². The molecular formula is C27H33FN6O. The first kappa shape index (κ1) is 23.8. The molecule has 3 aliphatic heterocycles. The van der Waals surface area contributed by atoms with Gasteiger partial charge in [0.05, 0.1) is 29.6 Å². The number of hydrogen-bond donors (Lipinski definition) is 0. The molecule has 4 heterocycles. The molecule has 3 aliphatic rings. The zero-order chi connectivity index (χ0) is 24.5. The highest BCUT2D eigenvalue weighted by atomic mass is 19.1. The van der Waals surface area contributed by atoms with Crippen molar-refractivity contribution in [1.82, 2.24) is 24.7 Å². The maximum absolute atomic E-state index is 14.0. The van der Waals surface area contributed by atoms with Crippen LogP contribution in [0, 0.1) is 48.7 Å². The van der Waals surface area contributed by atoms with Gasteiger partial charge in [-0.25, -0.2) is 14.4 Å². The lowest BCUT2D eigenvalue weighted by atomic mass is 9.79. The van der Waals surface area contributed by atoms with Crippen molar-refractivity contribution in [3.05, 3.63) is 58.9 Å². The predicted octanol–water partition coefficient (Wildman–Crippen LogP) is 2.87. The third kappa shape index (κ3) is 4.93. The van der Waals surface area contributed by atoms with E-state index in [9.17, 15) is 9.18 Å². The number of rotatable bonds is 7. The van der Waals surface area contributed by atoms with E-state index in [4.69, 9.17) is 5.26 Å². The Morgan fingerprint density at radius 3 is 2.40 bits per heavy atom. The summed E-state index contributed by atoms with van der Waals surface area (Å²) in [5.41, 5.74) is 3.20. The van der Waals surface area contributed by atoms with Crippen molar-refractivity contribution in [3.8, 4) is 6.07 Å². The van der Waals surface area contributed by atoms with Gasteiger partial charge in [0.1, 0.15) is 12.1 Å². The highest BCUT2D eigenvalue weighted by Gasteiger charge is 2.42. The topological polar surface area (TPSA) is 76.4 Å². The first-order valence-electron chi connectivity index (χ1n) is 12.6. The lowest BCUT2D eigenvalue weighted by Crippen LogP contribution is -2.49. The van der Waals surface area contributed by atoms with Crippen LogP contribution in [0.3, 0.4) is 0 Å². The molecule has 0 aliphatic carbocycles. The molecule has 7 nitrogen and oxygen atoms in total. The standard InChI is InChI=1S/C27H33FN6O/c1-18-26(19(2)31-17-30-18)27(35)34-15-21-11-32(12-22(21)16-34)8-6-25(20-4-3-5-24(28)10-20)23-13-33(14-23)9-7-29/h3-5,10,17,21-23,25H,6,8-9,11-16H2,1-2H3. The molecule has 8 heteroatoms. The second kappa shape index (κ2) is 10.00. The quantitative estimate of drug-likeness (QED) is 0.572. The molecule has 0 radical (unpaired) electrons. The molecule has 3 unspecified atom stereocenters. The normalized spacial score (nSPS) is 23.7. The average molecular weight is 477 g/mol. The van der Waals surface area contributed by atoms with E-state index in [1.165, 1.54) is 12.4 Å². The summed E-state index contributed by atoms with van der Waals surface area (Å²) in [5, 5.41) is 8.97. The van der Waals surface area contributed by atoms with Gasteiger partial charge >= 0.3 is 0 Å². The fourth-order valence-electron chi connectivity index (χ4n) is 6.33. The molecule has 1 aromatic carbocycles. The van der Waals surface area contributed by atoms with Crippen LogP contribution in [0.15, 0.2) is 30.6 Å². The molecule has 184 valence electrons. The Morgan fingerprint density at radius 2 is 1.77 bits per heavy atom. The van der Waals surface area contributed by atoms with E-state index in [-0.39, 0.29) is 11.7 Å². The van der Waals surface area contributed by atoms with Crippen molar-refractivity contribution >= 4 is 5.91 Å². The van der Waals surface area contributed by atoms with Gasteiger partial charge in [-0.15, -0.1) is 0 Å². The minimum absolute atomic E-state index is 0.0552. The number of aryl methyl sites for hydroxylation is 2. The molecule has 0 spiro atoms. The number of fused-ring (bicyclic) bond motifs is 1. The average Bonchev–Trinajstić information content (AvgIpc) is 3.36. The van der Waals surface area contributed by atoms with Crippen LogP contribution in [-0.2, 0) is 0 Å². The summed E-state index contributed by atoms with van der Waals surface area (Å²) in [6.07, 6.45) is 2.50. The number of likely N-dealkylation sites (tertiary alicyclic amines) is 3. The second-order valence-electron chi connectivity index (χ2n) is 10.5. The molecule has 1 aromatic heterocycles. The van der Waals surface area contributed by atoms with Crippen LogP contribution in [0.4, 0.5) is 4.39 Å². The van der Waals surface area contributed by atoms with Gasteiger partial charge in [-0.2, -0.15) is 5.26 Å². The van der Waals surface area contributed by atoms with Crippen LogP contribution in [0.5, 0.6) is 0 Å². The molecule has 5 rings (SSSR count). The smallest absolute Gasteiger partial charge is 0.257 e. The monoisotopic (exact) mass is 476 g/mol. The molecule has 3 saturated heterocycles. The molecule has 3 atom stereocenters. The maximum Gasteiger partial charge on any atom is 0.257 e. The number of amides is 1. The lowest BCUT2D eigenvalue weighted by molar-refractivity contribution is 0.0766. The molecule has 3 fully saturated rings. The van der Waals surface area contributed by atoms with E-state index < -0.39 is 0 Å². The number of nitrogens with zero attached hydrogens (tertiary/aromatic N) is 6. The Hall–Kier alpha value is -2.89. The molecule has 2 aromatic rings. The first-order valence-corrected chi connectivity index (χ1v) is 12.6. The minimum Gasteiger partial charge on any atom is -0.338 e. The van der Waals surface area contributed by atoms with Crippen LogP contribution in [0.2, 0.25) is 0 Å². The van der Waals surface area contributed by atoms with Crippen molar-refractivity contribution in [2.45, 2.75) is 26.2 Å². The van der Waals surface area contributed by atoms with Crippen molar-refractivity contribution in [1.29, 1.82) is 5.26 Å². The highest BCUT2D eigenvalue weighted by Crippen LogP contribution is 2.37. The van der Waals surface area contributed by atoms with Gasteiger partial charge in [-0.1, -0.05) is 12.1 Å². The fraction of sp³-hybridized carbons (Fsp3) is 0.556. The first-order chi connectivity index (χ1) is 16.9. The number of benzene rings is 1. The van der Waals surface area contributed by atoms with Crippen molar-refractivity contribution < 1.29 is 9.18 Å². The molecule has 35 heavy (non-hydrogen) atoms. The van der Waals surface area contributed by atoms with E-state index in [2.05, 4.69) is 25.8 Å². The molecule has 0 saturated carbocycles. The summed E-state index contributed by atoms with van der Waals surface area (Å²) >= 11 is 0. The minimum atomic E-state index is -0.185. The van der Waals surface area contributed by atoms with E-state index >= 15 is 0 Å². The molecular weight excluding hydrogens is 443 g/mol. The summed E-state index contributed by atoms with van der Waals surface area (Å²) in [5.74, 6) is 1.61. The van der Waals surface area contributed by atoms with Crippen molar-refractivity contribution in [3.63, 3.8) is 0 Å². The predicted molar refractivity (Wildman–Crippen MR) is 130 cm³/mol. The number of nitriles is 1. The number of hydrogen-bond acceptors (Lipinski definition) is 6. The third-order valence-electron chi connectivity index (χ3n) is 8.17. The van der Waals surface area contributed by atoms with Gasteiger partial charge < -0.3 is 9.80 Å². The Labute approximate surface area is 206 Å². The van der Waals surface area contributed by atoms with Crippen molar-refractivity contribution in [2.24, 2.45) is 17.8 Å². The Bertz CT molecular complexity index is 1090. The molecule has 0 N–H and O–H groups in total. The van der Waals surface area contributed by atoms with Gasteiger partial charge in [0.2, 0.25) is 0 Å². The molecule has 1 amide bonds. The molecule has 0 bridgehead atoms. The number of carbonyl (C=O) groups is 1. The van der Waals surface area contributed by atoms with Crippen LogP contribution >= 0.6 is 0 Å². The Balaban J connectivity index is 1.18. The SMILES string of the molecule is Cc1ncnc(C)c1C(=O)N1CC2CN(CCC(c3cccc(F)c3)C3CN(CC#N)C3)CC2C1. The summed E-state index contributed by atoms with van der Waals surface area (Å²) in [7, 11) is 0. The van der Waals surface area contributed by atoms with E-state index in [1.54, 1.807) is 12.1 Å². The fourth-order valence-corrected chi connectivity index (χ4v) is 6.33. The van der Waals surface area contributed by atoms with Gasteiger partial charge in [-0.3, -0.25) is 9.69 Å².